The van der Waals surface area contributed by atoms with Crippen LogP contribution in [-0.4, -0.2) is 42.8 Å². The van der Waals surface area contributed by atoms with Gasteiger partial charge in [0.15, 0.2) is 0 Å². The van der Waals surface area contributed by atoms with E-state index >= 15 is 0 Å². The maximum Gasteiger partial charge on any atom is 0.289 e. The van der Waals surface area contributed by atoms with Gasteiger partial charge in [-0.2, -0.15) is 4.31 Å². The highest BCUT2D eigenvalue weighted by Gasteiger charge is 2.37. The molecule has 2 aliphatic rings. The summed E-state index contributed by atoms with van der Waals surface area (Å²) < 4.78 is 27.3. The first-order chi connectivity index (χ1) is 10.8. The Kier molecular flexibility index (Phi) is 4.35. The first-order valence-corrected chi connectivity index (χ1v) is 9.31. The van der Waals surface area contributed by atoms with E-state index in [9.17, 15) is 18.5 Å². The third-order valence-corrected chi connectivity index (χ3v) is 6.86. The van der Waals surface area contributed by atoms with Crippen molar-refractivity contribution in [3.8, 4) is 0 Å². The summed E-state index contributed by atoms with van der Waals surface area (Å²) in [7, 11) is -3.86. The number of nitro groups is 1. The molecule has 1 aromatic carbocycles. The molecule has 9 heteroatoms. The van der Waals surface area contributed by atoms with E-state index in [1.54, 1.807) is 6.92 Å². The molecule has 0 aliphatic carbocycles. The molecule has 2 bridgehead atoms. The van der Waals surface area contributed by atoms with E-state index < -0.39 is 14.9 Å². The van der Waals surface area contributed by atoms with Crippen molar-refractivity contribution in [1.29, 1.82) is 0 Å². The molecular weight excluding hydrogens is 342 g/mol. The molecule has 7 nitrogen and oxygen atoms in total. The summed E-state index contributed by atoms with van der Waals surface area (Å²) in [5.41, 5.74) is 0.119. The van der Waals surface area contributed by atoms with Crippen molar-refractivity contribution in [3.63, 3.8) is 0 Å². The lowest BCUT2D eigenvalue weighted by Gasteiger charge is -2.24. The molecule has 0 aromatic heterocycles. The standard InChI is InChI=1S/C14H18ClN3O4S/c1-9-6-12(18(19)20)14(15)13(7-9)23(21,22)17-5-4-10-2-3-11(8-17)16-10/h6-7,10-11,16H,2-5,8H2,1H3. The van der Waals surface area contributed by atoms with Crippen LogP contribution in [0.4, 0.5) is 5.69 Å². The van der Waals surface area contributed by atoms with Crippen molar-refractivity contribution in [2.24, 2.45) is 0 Å². The summed E-state index contributed by atoms with van der Waals surface area (Å²) in [5.74, 6) is 0. The first-order valence-electron chi connectivity index (χ1n) is 7.50. The Bertz CT molecular complexity index is 753. The van der Waals surface area contributed by atoms with E-state index in [-0.39, 0.29) is 21.6 Å². The van der Waals surface area contributed by atoms with Crippen molar-refractivity contribution < 1.29 is 13.3 Å². The Labute approximate surface area is 139 Å². The van der Waals surface area contributed by atoms with Crippen LogP contribution < -0.4 is 5.32 Å². The molecule has 2 aliphatic heterocycles. The number of fused-ring (bicyclic) bond motifs is 2. The predicted octanol–water partition coefficient (Wildman–Crippen LogP) is 2.07. The molecule has 2 heterocycles. The largest absolute Gasteiger partial charge is 0.310 e. The summed E-state index contributed by atoms with van der Waals surface area (Å²) >= 11 is 6.04. The van der Waals surface area contributed by atoms with E-state index in [0.717, 1.165) is 19.3 Å². The van der Waals surface area contributed by atoms with Crippen molar-refractivity contribution in [2.75, 3.05) is 13.1 Å². The molecule has 126 valence electrons. The third kappa shape index (κ3) is 3.08. The molecule has 23 heavy (non-hydrogen) atoms. The SMILES string of the molecule is Cc1cc([N+](=O)[O-])c(Cl)c(S(=O)(=O)N2CCC3CCC(C2)N3)c1. The lowest BCUT2D eigenvalue weighted by atomic mass is 10.1. The minimum atomic E-state index is -3.86. The second-order valence-corrected chi connectivity index (χ2v) is 8.43. The van der Waals surface area contributed by atoms with Gasteiger partial charge in [-0.15, -0.1) is 0 Å². The molecule has 1 aromatic rings. The lowest BCUT2D eigenvalue weighted by molar-refractivity contribution is -0.385. The summed E-state index contributed by atoms with van der Waals surface area (Å²) in [6, 6.07) is 3.17. The molecule has 2 atom stereocenters. The van der Waals surface area contributed by atoms with Gasteiger partial charge in [-0.25, -0.2) is 8.42 Å². The fourth-order valence-corrected chi connectivity index (χ4v) is 5.44. The van der Waals surface area contributed by atoms with Crippen molar-refractivity contribution in [2.45, 2.75) is 43.2 Å². The van der Waals surface area contributed by atoms with Crippen LogP contribution >= 0.6 is 11.6 Å². The zero-order chi connectivity index (χ0) is 16.8. The van der Waals surface area contributed by atoms with Gasteiger partial charge >= 0.3 is 0 Å². The average molecular weight is 360 g/mol. The van der Waals surface area contributed by atoms with Gasteiger partial charge in [0, 0.05) is 31.2 Å². The molecule has 0 saturated carbocycles. The third-order valence-electron chi connectivity index (χ3n) is 4.46. The topological polar surface area (TPSA) is 92.5 Å². The van der Waals surface area contributed by atoms with Crippen LogP contribution in [0.1, 0.15) is 24.8 Å². The van der Waals surface area contributed by atoms with E-state index in [1.807, 2.05) is 0 Å². The average Bonchev–Trinajstić information content (AvgIpc) is 2.79. The number of aryl methyl sites for hydroxylation is 1. The molecule has 0 radical (unpaired) electrons. The quantitative estimate of drug-likeness (QED) is 0.658. The highest BCUT2D eigenvalue weighted by atomic mass is 35.5. The number of nitrogens with zero attached hydrogens (tertiary/aromatic N) is 2. The van der Waals surface area contributed by atoms with Gasteiger partial charge < -0.3 is 5.32 Å². The van der Waals surface area contributed by atoms with Crippen LogP contribution in [0.5, 0.6) is 0 Å². The number of hydrogen-bond donors (Lipinski definition) is 1. The van der Waals surface area contributed by atoms with Gasteiger partial charge in [-0.1, -0.05) is 11.6 Å². The predicted molar refractivity (Wildman–Crippen MR) is 86.2 cm³/mol. The van der Waals surface area contributed by atoms with Gasteiger partial charge in [0.1, 0.15) is 9.92 Å². The normalized spacial score (nSPS) is 25.3. The van der Waals surface area contributed by atoms with Gasteiger partial charge in [0.2, 0.25) is 10.0 Å². The number of nitro benzene ring substituents is 1. The van der Waals surface area contributed by atoms with Crippen molar-refractivity contribution >= 4 is 27.3 Å². The molecule has 1 N–H and O–H groups in total. The van der Waals surface area contributed by atoms with Crippen molar-refractivity contribution in [3.05, 3.63) is 32.8 Å². The minimum absolute atomic E-state index is 0.135. The fraction of sp³-hybridized carbons (Fsp3) is 0.571. The maximum atomic E-state index is 13.0. The molecule has 2 fully saturated rings. The molecule has 3 rings (SSSR count). The Morgan fingerprint density at radius 3 is 2.70 bits per heavy atom. The Morgan fingerprint density at radius 1 is 1.30 bits per heavy atom. The van der Waals surface area contributed by atoms with Gasteiger partial charge in [0.25, 0.3) is 5.69 Å². The van der Waals surface area contributed by atoms with E-state index in [0.29, 0.717) is 24.7 Å². The Balaban J connectivity index is 2.01. The second-order valence-electron chi connectivity index (χ2n) is 6.14. The monoisotopic (exact) mass is 359 g/mol. The summed E-state index contributed by atoms with van der Waals surface area (Å²) in [6.07, 6.45) is 2.74. The van der Waals surface area contributed by atoms with Crippen LogP contribution in [0, 0.1) is 17.0 Å². The van der Waals surface area contributed by atoms with Gasteiger partial charge in [-0.05, 0) is 37.8 Å². The molecule has 2 unspecified atom stereocenters. The van der Waals surface area contributed by atoms with Crippen LogP contribution in [0.25, 0.3) is 0 Å². The van der Waals surface area contributed by atoms with Gasteiger partial charge in [-0.3, -0.25) is 10.1 Å². The number of hydrogen-bond acceptors (Lipinski definition) is 5. The molecule has 0 spiro atoms. The Morgan fingerprint density at radius 2 is 2.00 bits per heavy atom. The summed E-state index contributed by atoms with van der Waals surface area (Å²) in [4.78, 5) is 10.3. The summed E-state index contributed by atoms with van der Waals surface area (Å²) in [6.45, 7) is 2.39. The number of halogens is 1. The fourth-order valence-electron chi connectivity index (χ4n) is 3.31. The van der Waals surface area contributed by atoms with Crippen LogP contribution in [0.2, 0.25) is 5.02 Å². The molecule has 0 amide bonds. The molecular formula is C14H18ClN3O4S. The molecule has 2 saturated heterocycles. The Hall–Kier alpha value is -1.22. The first kappa shape index (κ1) is 16.6. The van der Waals surface area contributed by atoms with Gasteiger partial charge in [0.05, 0.1) is 4.92 Å². The number of rotatable bonds is 3. The summed E-state index contributed by atoms with van der Waals surface area (Å²) in [5, 5.41) is 14.2. The van der Waals surface area contributed by atoms with Crippen LogP contribution in [-0.2, 0) is 10.0 Å². The number of sulfonamides is 1. The maximum absolute atomic E-state index is 13.0. The van der Waals surface area contributed by atoms with E-state index in [2.05, 4.69) is 5.32 Å². The van der Waals surface area contributed by atoms with E-state index in [1.165, 1.54) is 16.4 Å². The minimum Gasteiger partial charge on any atom is -0.310 e. The zero-order valence-corrected chi connectivity index (χ0v) is 14.2. The lowest BCUT2D eigenvalue weighted by Crippen LogP contribution is -2.39. The number of nitrogens with one attached hydrogen (secondary N) is 1. The smallest absolute Gasteiger partial charge is 0.289 e. The zero-order valence-electron chi connectivity index (χ0n) is 12.7. The van der Waals surface area contributed by atoms with Crippen LogP contribution in [0.3, 0.4) is 0 Å². The highest BCUT2D eigenvalue weighted by Crippen LogP contribution is 2.35. The van der Waals surface area contributed by atoms with E-state index in [4.69, 9.17) is 11.6 Å². The van der Waals surface area contributed by atoms with Crippen molar-refractivity contribution in [1.82, 2.24) is 9.62 Å². The highest BCUT2D eigenvalue weighted by molar-refractivity contribution is 7.89. The second kappa shape index (κ2) is 6.01. The number of benzene rings is 1. The van der Waals surface area contributed by atoms with Crippen LogP contribution in [0.15, 0.2) is 17.0 Å².